The molecule has 2 heterocycles. The summed E-state index contributed by atoms with van der Waals surface area (Å²) in [6.45, 7) is -0.0312. The van der Waals surface area contributed by atoms with E-state index in [2.05, 4.69) is 0 Å². The minimum Gasteiger partial charge on any atom is -0.507 e. The van der Waals surface area contributed by atoms with Crippen LogP contribution in [0.4, 0.5) is 5.69 Å². The van der Waals surface area contributed by atoms with Crippen LogP contribution in [0.5, 0.6) is 0 Å². The molecule has 0 bridgehead atoms. The maximum Gasteiger partial charge on any atom is 0.296 e. The maximum absolute atomic E-state index is 12.9. The lowest BCUT2D eigenvalue weighted by molar-refractivity contribution is -0.384. The highest BCUT2D eigenvalue weighted by Crippen LogP contribution is 2.41. The van der Waals surface area contributed by atoms with Crippen molar-refractivity contribution in [3.8, 4) is 0 Å². The lowest BCUT2D eigenvalue weighted by Crippen LogP contribution is -2.29. The van der Waals surface area contributed by atoms with Crippen LogP contribution in [-0.2, 0) is 16.1 Å². The van der Waals surface area contributed by atoms with Gasteiger partial charge in [0.2, 0.25) is 0 Å². The molecule has 1 saturated heterocycles. The molecule has 1 amide bonds. The normalized spacial score (nSPS) is 18.0. The van der Waals surface area contributed by atoms with Gasteiger partial charge in [-0.05, 0) is 17.7 Å². The number of amides is 1. The molecule has 1 fully saturated rings. The predicted molar refractivity (Wildman–Crippen MR) is 106 cm³/mol. The highest BCUT2D eigenvalue weighted by molar-refractivity contribution is 6.46. The number of likely N-dealkylation sites (tertiary alicyclic amines) is 1. The van der Waals surface area contributed by atoms with Crippen LogP contribution in [0.15, 0.2) is 83.0 Å². The molecule has 3 aromatic rings. The second kappa shape index (κ2) is 7.67. The number of hydrogen-bond donors (Lipinski definition) is 1. The van der Waals surface area contributed by atoms with Crippen LogP contribution >= 0.6 is 0 Å². The van der Waals surface area contributed by atoms with Crippen molar-refractivity contribution < 1.29 is 24.0 Å². The van der Waals surface area contributed by atoms with Crippen molar-refractivity contribution in [2.75, 3.05) is 0 Å². The van der Waals surface area contributed by atoms with Gasteiger partial charge >= 0.3 is 0 Å². The van der Waals surface area contributed by atoms with Crippen molar-refractivity contribution in [1.29, 1.82) is 0 Å². The van der Waals surface area contributed by atoms with Gasteiger partial charge in [0.25, 0.3) is 17.4 Å². The first-order valence-electron chi connectivity index (χ1n) is 9.08. The van der Waals surface area contributed by atoms with E-state index in [9.17, 15) is 24.8 Å². The Labute approximate surface area is 170 Å². The smallest absolute Gasteiger partial charge is 0.296 e. The third kappa shape index (κ3) is 3.35. The van der Waals surface area contributed by atoms with Gasteiger partial charge in [-0.1, -0.05) is 42.5 Å². The summed E-state index contributed by atoms with van der Waals surface area (Å²) in [5.41, 5.74) is 0.394. The summed E-state index contributed by atoms with van der Waals surface area (Å²) in [6, 6.07) is 16.3. The largest absolute Gasteiger partial charge is 0.507 e. The first-order chi connectivity index (χ1) is 14.5. The third-order valence-corrected chi connectivity index (χ3v) is 4.89. The number of rotatable bonds is 5. The Morgan fingerprint density at radius 2 is 1.83 bits per heavy atom. The highest BCUT2D eigenvalue weighted by Gasteiger charge is 2.46. The molecule has 0 aliphatic carbocycles. The fourth-order valence-electron chi connectivity index (χ4n) is 3.52. The van der Waals surface area contributed by atoms with Crippen LogP contribution < -0.4 is 0 Å². The Kier molecular flexibility index (Phi) is 4.89. The number of aliphatic hydroxyl groups is 1. The molecular weight excluding hydrogens is 388 g/mol. The molecule has 8 nitrogen and oxygen atoms in total. The Morgan fingerprint density at radius 3 is 2.50 bits per heavy atom. The fraction of sp³-hybridized carbons (Fsp3) is 0.0909. The van der Waals surface area contributed by atoms with Gasteiger partial charge in [-0.25, -0.2) is 0 Å². The van der Waals surface area contributed by atoms with E-state index in [1.54, 1.807) is 48.5 Å². The van der Waals surface area contributed by atoms with Crippen LogP contribution in [-0.4, -0.2) is 26.6 Å². The van der Waals surface area contributed by atoms with Gasteiger partial charge < -0.3 is 14.4 Å². The number of carbonyl (C=O) groups excluding carboxylic acids is 2. The van der Waals surface area contributed by atoms with Crippen LogP contribution in [0, 0.1) is 10.1 Å². The van der Waals surface area contributed by atoms with Gasteiger partial charge in [0.15, 0.2) is 0 Å². The molecule has 1 aliphatic heterocycles. The monoisotopic (exact) mass is 404 g/mol. The van der Waals surface area contributed by atoms with E-state index in [4.69, 9.17) is 4.42 Å². The number of nitro groups is 1. The number of Topliss-reactive ketones (excluding diaryl/α,β-unsaturated/α-hetero) is 1. The number of carbonyl (C=O) groups is 2. The van der Waals surface area contributed by atoms with Gasteiger partial charge in [-0.2, -0.15) is 0 Å². The van der Waals surface area contributed by atoms with E-state index >= 15 is 0 Å². The lowest BCUT2D eigenvalue weighted by atomic mass is 9.95. The van der Waals surface area contributed by atoms with Crippen molar-refractivity contribution in [3.05, 3.63) is 106 Å². The molecule has 1 aliphatic rings. The molecule has 150 valence electrons. The SMILES string of the molecule is O=C1C(=O)N(Cc2ccco2)C(c2cccc([N+](=O)[O-])c2)/C1=C(/O)c1ccccc1. The lowest BCUT2D eigenvalue weighted by Gasteiger charge is -2.24. The number of non-ortho nitro benzene ring substituents is 1. The van der Waals surface area contributed by atoms with Gasteiger partial charge in [0.1, 0.15) is 11.5 Å². The van der Waals surface area contributed by atoms with Crippen LogP contribution in [0.1, 0.15) is 22.9 Å². The molecule has 1 unspecified atom stereocenters. The fourth-order valence-corrected chi connectivity index (χ4v) is 3.52. The summed E-state index contributed by atoms with van der Waals surface area (Å²) in [5, 5.41) is 22.1. The average molecular weight is 404 g/mol. The molecule has 1 aromatic heterocycles. The first kappa shape index (κ1) is 19.1. The summed E-state index contributed by atoms with van der Waals surface area (Å²) < 4.78 is 5.31. The molecule has 1 atom stereocenters. The number of aliphatic hydroxyl groups excluding tert-OH is 1. The van der Waals surface area contributed by atoms with E-state index in [1.165, 1.54) is 29.4 Å². The molecule has 8 heteroatoms. The predicted octanol–water partition coefficient (Wildman–Crippen LogP) is 3.81. The summed E-state index contributed by atoms with van der Waals surface area (Å²) in [5.74, 6) is -1.58. The number of furan rings is 1. The number of ketones is 1. The van der Waals surface area contributed by atoms with Crippen LogP contribution in [0.3, 0.4) is 0 Å². The van der Waals surface area contributed by atoms with Crippen molar-refractivity contribution in [1.82, 2.24) is 4.90 Å². The summed E-state index contributed by atoms with van der Waals surface area (Å²) in [6.07, 6.45) is 1.44. The Morgan fingerprint density at radius 1 is 1.07 bits per heavy atom. The molecular formula is C22H16N2O6. The molecule has 30 heavy (non-hydrogen) atoms. The number of benzene rings is 2. The van der Waals surface area contributed by atoms with E-state index in [-0.39, 0.29) is 23.6 Å². The van der Waals surface area contributed by atoms with Crippen molar-refractivity contribution in [2.45, 2.75) is 12.6 Å². The molecule has 1 N–H and O–H groups in total. The quantitative estimate of drug-likeness (QED) is 0.227. The zero-order chi connectivity index (χ0) is 21.3. The van der Waals surface area contributed by atoms with Crippen LogP contribution in [0.25, 0.3) is 5.76 Å². The molecule has 0 saturated carbocycles. The number of nitrogens with zero attached hydrogens (tertiary/aromatic N) is 2. The van der Waals surface area contributed by atoms with Crippen LogP contribution in [0.2, 0.25) is 0 Å². The van der Waals surface area contributed by atoms with Gasteiger partial charge in [-0.15, -0.1) is 0 Å². The highest BCUT2D eigenvalue weighted by atomic mass is 16.6. The molecule has 4 rings (SSSR count). The average Bonchev–Trinajstić information content (AvgIpc) is 3.36. The van der Waals surface area contributed by atoms with Crippen molar-refractivity contribution in [3.63, 3.8) is 0 Å². The van der Waals surface area contributed by atoms with E-state index in [0.717, 1.165) is 0 Å². The second-order valence-electron chi connectivity index (χ2n) is 6.72. The van der Waals surface area contributed by atoms with Crippen molar-refractivity contribution >= 4 is 23.1 Å². The topological polar surface area (TPSA) is 114 Å². The molecule has 2 aromatic carbocycles. The maximum atomic E-state index is 12.9. The molecule has 0 radical (unpaired) electrons. The zero-order valence-corrected chi connectivity index (χ0v) is 15.6. The number of hydrogen-bond acceptors (Lipinski definition) is 6. The van der Waals surface area contributed by atoms with Gasteiger partial charge in [-0.3, -0.25) is 19.7 Å². The standard InChI is InChI=1S/C22H16N2O6/c25-20(14-6-2-1-3-7-14)18-19(15-8-4-9-16(12-15)24(28)29)23(22(27)21(18)26)13-17-10-5-11-30-17/h1-12,19,25H,13H2/b20-18-. The second-order valence-corrected chi connectivity index (χ2v) is 6.72. The summed E-state index contributed by atoms with van der Waals surface area (Å²) in [4.78, 5) is 37.7. The van der Waals surface area contributed by atoms with Gasteiger partial charge in [0, 0.05) is 17.7 Å². The minimum atomic E-state index is -1.00. The summed E-state index contributed by atoms with van der Waals surface area (Å²) in [7, 11) is 0. The Balaban J connectivity index is 1.89. The first-order valence-corrected chi connectivity index (χ1v) is 9.08. The van der Waals surface area contributed by atoms with E-state index in [1.807, 2.05) is 0 Å². The number of nitro benzene ring substituents is 1. The third-order valence-electron chi connectivity index (χ3n) is 4.89. The van der Waals surface area contributed by atoms with E-state index in [0.29, 0.717) is 16.9 Å². The van der Waals surface area contributed by atoms with Crippen molar-refractivity contribution in [2.24, 2.45) is 0 Å². The molecule has 0 spiro atoms. The van der Waals surface area contributed by atoms with E-state index < -0.39 is 22.7 Å². The van der Waals surface area contributed by atoms with Gasteiger partial charge in [0.05, 0.1) is 29.3 Å². The minimum absolute atomic E-state index is 0.0312. The zero-order valence-electron chi connectivity index (χ0n) is 15.6. The Hall–Kier alpha value is -4.20. The Bertz CT molecular complexity index is 1150. The summed E-state index contributed by atoms with van der Waals surface area (Å²) >= 11 is 0.